The van der Waals surface area contributed by atoms with Crippen LogP contribution in [-0.2, 0) is 4.79 Å². The van der Waals surface area contributed by atoms with Gasteiger partial charge >= 0.3 is 0 Å². The van der Waals surface area contributed by atoms with Gasteiger partial charge in [-0.2, -0.15) is 5.10 Å². The Hall–Kier alpha value is -3.00. The van der Waals surface area contributed by atoms with E-state index in [1.807, 2.05) is 11.0 Å². The number of allylic oxidation sites excluding steroid dienone is 1. The van der Waals surface area contributed by atoms with Crippen LogP contribution < -0.4 is 16.0 Å². The zero-order valence-electron chi connectivity index (χ0n) is 15.5. The van der Waals surface area contributed by atoms with Gasteiger partial charge in [-0.05, 0) is 37.4 Å². The Balaban J connectivity index is 1.50. The van der Waals surface area contributed by atoms with Crippen molar-refractivity contribution < 1.29 is 9.18 Å². The molecule has 0 spiro atoms. The van der Waals surface area contributed by atoms with E-state index in [1.165, 1.54) is 6.07 Å². The van der Waals surface area contributed by atoms with Gasteiger partial charge in [-0.15, -0.1) is 0 Å². The number of anilines is 2. The van der Waals surface area contributed by atoms with Crippen molar-refractivity contribution in [3.8, 4) is 0 Å². The number of amides is 1. The lowest BCUT2D eigenvalue weighted by atomic mass is 9.96. The molecule has 0 unspecified atom stereocenters. The zero-order valence-corrected chi connectivity index (χ0v) is 15.5. The van der Waals surface area contributed by atoms with Gasteiger partial charge in [0.05, 0.1) is 23.3 Å². The summed E-state index contributed by atoms with van der Waals surface area (Å²) in [4.78, 5) is 19.1. The number of carbonyl (C=O) groups is 1. The summed E-state index contributed by atoms with van der Waals surface area (Å²) >= 11 is 0. The first kappa shape index (κ1) is 18.4. The van der Waals surface area contributed by atoms with Crippen LogP contribution in [0.2, 0.25) is 0 Å². The maximum atomic E-state index is 14.6. The van der Waals surface area contributed by atoms with Gasteiger partial charge in [0.25, 0.3) is 5.91 Å². The number of halogens is 1. The molecule has 0 atom stereocenters. The number of aromatic amines is 1. The maximum absolute atomic E-state index is 14.6. The molecule has 1 fully saturated rings. The first-order valence-corrected chi connectivity index (χ1v) is 9.47. The minimum absolute atomic E-state index is 0.321. The Morgan fingerprint density at radius 2 is 2.18 bits per heavy atom. The van der Waals surface area contributed by atoms with E-state index in [0.29, 0.717) is 41.7 Å². The van der Waals surface area contributed by atoms with Crippen LogP contribution >= 0.6 is 0 Å². The molecule has 0 aliphatic carbocycles. The number of nitrogens with zero attached hydrogens (tertiary/aromatic N) is 3. The summed E-state index contributed by atoms with van der Waals surface area (Å²) in [5, 5.41) is 9.48. The second-order valence-electron chi connectivity index (χ2n) is 7.10. The van der Waals surface area contributed by atoms with Crippen LogP contribution in [0, 0.1) is 11.7 Å². The lowest BCUT2D eigenvalue weighted by molar-refractivity contribution is -0.110. The van der Waals surface area contributed by atoms with Gasteiger partial charge in [0.2, 0.25) is 0 Å². The van der Waals surface area contributed by atoms with E-state index in [4.69, 9.17) is 5.73 Å². The van der Waals surface area contributed by atoms with Gasteiger partial charge in [-0.3, -0.25) is 9.89 Å². The highest BCUT2D eigenvalue weighted by Crippen LogP contribution is 2.33. The number of aliphatic imine (C=N–C) groups is 1. The molecule has 2 aromatic rings. The van der Waals surface area contributed by atoms with Crippen molar-refractivity contribution in [2.75, 3.05) is 29.9 Å². The van der Waals surface area contributed by atoms with Crippen LogP contribution in [0.1, 0.15) is 24.8 Å². The Kier molecular flexibility index (Phi) is 5.21. The normalized spacial score (nSPS) is 17.4. The summed E-state index contributed by atoms with van der Waals surface area (Å²) in [6.07, 6.45) is 7.53. The Labute approximate surface area is 162 Å². The van der Waals surface area contributed by atoms with E-state index in [9.17, 15) is 9.18 Å². The van der Waals surface area contributed by atoms with E-state index in [-0.39, 0.29) is 11.7 Å². The van der Waals surface area contributed by atoms with E-state index in [2.05, 4.69) is 20.5 Å². The fourth-order valence-electron chi connectivity index (χ4n) is 3.67. The summed E-state index contributed by atoms with van der Waals surface area (Å²) in [7, 11) is 0. The second-order valence-corrected chi connectivity index (χ2v) is 7.10. The SMILES string of the molecule is NCC1CCN(c2c(F)cccc2NC(=O)C2=NC(c3cn[nH]c3)=CC2)CC1. The third-order valence-electron chi connectivity index (χ3n) is 5.30. The smallest absolute Gasteiger partial charge is 0.270 e. The Bertz CT molecular complexity index is 913. The molecule has 0 bridgehead atoms. The average molecular weight is 382 g/mol. The minimum atomic E-state index is -0.338. The third-order valence-corrected chi connectivity index (χ3v) is 5.30. The van der Waals surface area contributed by atoms with Crippen molar-refractivity contribution >= 4 is 28.7 Å². The van der Waals surface area contributed by atoms with Crippen LogP contribution in [0.25, 0.3) is 5.70 Å². The number of rotatable bonds is 5. The van der Waals surface area contributed by atoms with Gasteiger partial charge in [-0.1, -0.05) is 12.1 Å². The minimum Gasteiger partial charge on any atom is -0.367 e. The number of benzene rings is 1. The topological polar surface area (TPSA) is 99.4 Å². The molecule has 1 amide bonds. The van der Waals surface area contributed by atoms with E-state index >= 15 is 0 Å². The highest BCUT2D eigenvalue weighted by atomic mass is 19.1. The zero-order chi connectivity index (χ0) is 19.5. The van der Waals surface area contributed by atoms with Crippen molar-refractivity contribution in [2.24, 2.45) is 16.6 Å². The lowest BCUT2D eigenvalue weighted by Gasteiger charge is -2.34. The summed E-state index contributed by atoms with van der Waals surface area (Å²) in [5.74, 6) is -0.186. The number of carbonyl (C=O) groups excluding carboxylic acids is 1. The predicted octanol–water partition coefficient (Wildman–Crippen LogP) is 2.55. The van der Waals surface area contributed by atoms with Gasteiger partial charge in [0.15, 0.2) is 0 Å². The summed E-state index contributed by atoms with van der Waals surface area (Å²) in [6.45, 7) is 2.10. The van der Waals surface area contributed by atoms with Crippen molar-refractivity contribution in [1.29, 1.82) is 0 Å². The summed E-state index contributed by atoms with van der Waals surface area (Å²) < 4.78 is 14.6. The number of nitrogens with two attached hydrogens (primary N) is 1. The molecule has 2 aliphatic rings. The molecule has 4 rings (SSSR count). The lowest BCUT2D eigenvalue weighted by Crippen LogP contribution is -2.37. The molecule has 8 heteroatoms. The number of para-hydroxylation sites is 1. The van der Waals surface area contributed by atoms with Crippen molar-refractivity contribution in [3.63, 3.8) is 0 Å². The summed E-state index contributed by atoms with van der Waals surface area (Å²) in [6, 6.07) is 4.75. The molecular formula is C20H23FN6O. The van der Waals surface area contributed by atoms with E-state index < -0.39 is 0 Å². The number of piperidine rings is 1. The first-order valence-electron chi connectivity index (χ1n) is 9.47. The van der Waals surface area contributed by atoms with Crippen LogP contribution in [0.5, 0.6) is 0 Å². The quantitative estimate of drug-likeness (QED) is 0.740. The number of H-pyrrole nitrogens is 1. The fourth-order valence-corrected chi connectivity index (χ4v) is 3.67. The molecule has 146 valence electrons. The van der Waals surface area contributed by atoms with Crippen LogP contribution in [0.15, 0.2) is 41.7 Å². The molecule has 4 N–H and O–H groups in total. The standard InChI is InChI=1S/C20H23FN6O/c21-15-2-1-3-17(19(15)27-8-6-13(10-22)7-9-27)26-20(28)18-5-4-16(25-18)14-11-23-24-12-14/h1-4,11-13H,5-10,22H2,(H,23,24)(H,26,28). The van der Waals surface area contributed by atoms with Crippen LogP contribution in [0.3, 0.4) is 0 Å². The molecule has 3 heterocycles. The van der Waals surface area contributed by atoms with E-state index in [1.54, 1.807) is 24.5 Å². The maximum Gasteiger partial charge on any atom is 0.270 e. The van der Waals surface area contributed by atoms with Gasteiger partial charge in [0, 0.05) is 31.3 Å². The molecule has 1 saturated heterocycles. The molecule has 1 aromatic heterocycles. The molecule has 2 aliphatic heterocycles. The largest absolute Gasteiger partial charge is 0.367 e. The molecule has 7 nitrogen and oxygen atoms in total. The third kappa shape index (κ3) is 3.68. The van der Waals surface area contributed by atoms with Gasteiger partial charge < -0.3 is 16.0 Å². The number of nitrogens with one attached hydrogen (secondary N) is 2. The number of hydrogen-bond acceptors (Lipinski definition) is 5. The molecule has 28 heavy (non-hydrogen) atoms. The second kappa shape index (κ2) is 7.93. The average Bonchev–Trinajstić information content (AvgIpc) is 3.40. The molecule has 1 aromatic carbocycles. The predicted molar refractivity (Wildman–Crippen MR) is 108 cm³/mol. The Morgan fingerprint density at radius 3 is 2.89 bits per heavy atom. The van der Waals surface area contributed by atoms with Gasteiger partial charge in [-0.25, -0.2) is 9.38 Å². The van der Waals surface area contributed by atoms with Crippen LogP contribution in [0.4, 0.5) is 15.8 Å². The number of aromatic nitrogens is 2. The highest BCUT2D eigenvalue weighted by molar-refractivity contribution is 6.45. The van der Waals surface area contributed by atoms with Crippen LogP contribution in [-0.4, -0.2) is 41.5 Å². The fraction of sp³-hybridized carbons (Fsp3) is 0.350. The number of hydrogen-bond donors (Lipinski definition) is 3. The molecule has 0 saturated carbocycles. The first-order chi connectivity index (χ1) is 13.7. The monoisotopic (exact) mass is 382 g/mol. The molecule has 0 radical (unpaired) electrons. The Morgan fingerprint density at radius 1 is 1.36 bits per heavy atom. The summed E-state index contributed by atoms with van der Waals surface area (Å²) in [5.41, 5.74) is 8.60. The van der Waals surface area contributed by atoms with Crippen molar-refractivity contribution in [1.82, 2.24) is 10.2 Å². The van der Waals surface area contributed by atoms with Crippen molar-refractivity contribution in [2.45, 2.75) is 19.3 Å². The van der Waals surface area contributed by atoms with Crippen molar-refractivity contribution in [3.05, 3.63) is 48.0 Å². The van der Waals surface area contributed by atoms with E-state index in [0.717, 1.165) is 31.5 Å². The highest BCUT2D eigenvalue weighted by Gasteiger charge is 2.25. The molecular weight excluding hydrogens is 359 g/mol. The van der Waals surface area contributed by atoms with Gasteiger partial charge in [0.1, 0.15) is 11.5 Å².